The standard InChI is InChI=1S/C9H11N3O2S.Pt/c1-14-7-4-2-3-6(8(7)13)5-11-12-9(10)15;/h2-5,13H,1H3,(H3,10,12,15);/q;+2/p+1. The quantitative estimate of drug-likeness (QED) is 0.318. The van der Waals surface area contributed by atoms with Crippen molar-refractivity contribution in [3.63, 3.8) is 0 Å². The molecule has 0 aliphatic heterocycles. The van der Waals surface area contributed by atoms with Crippen molar-refractivity contribution in [1.29, 1.82) is 0 Å². The van der Waals surface area contributed by atoms with Gasteiger partial charge in [-0.3, -0.25) is 5.43 Å². The molecule has 0 unspecified atom stereocenters. The summed E-state index contributed by atoms with van der Waals surface area (Å²) in [5, 5.41) is 11.6. The molecule has 0 atom stereocenters. The van der Waals surface area contributed by atoms with Gasteiger partial charge in [-0.25, -0.2) is 0 Å². The molecular formula is C9H12N3O2PtS+3. The van der Waals surface area contributed by atoms with Gasteiger partial charge < -0.3 is 15.6 Å². The van der Waals surface area contributed by atoms with Gasteiger partial charge in [0.25, 0.3) is 0 Å². The molecule has 0 bridgehead atoms. The minimum atomic E-state index is 0. The van der Waals surface area contributed by atoms with Crippen molar-refractivity contribution < 1.29 is 30.9 Å². The number of benzene rings is 1. The third-order valence-corrected chi connectivity index (χ3v) is 1.75. The summed E-state index contributed by atoms with van der Waals surface area (Å²) in [7, 11) is 1.52. The van der Waals surface area contributed by atoms with Crippen LogP contribution in [0.2, 0.25) is 0 Å². The van der Waals surface area contributed by atoms with Crippen molar-refractivity contribution in [2.24, 2.45) is 10.8 Å². The summed E-state index contributed by atoms with van der Waals surface area (Å²) >= 11 is 4.57. The molecule has 5 N–H and O–H groups in total. The van der Waals surface area contributed by atoms with Crippen molar-refractivity contribution in [3.8, 4) is 11.5 Å². The Morgan fingerprint density at radius 2 is 2.31 bits per heavy atom. The number of ether oxygens (including phenoxy) is 1. The zero-order valence-electron chi connectivity index (χ0n) is 8.47. The first-order chi connectivity index (χ1) is 7.15. The second-order valence-electron chi connectivity index (χ2n) is 2.66. The summed E-state index contributed by atoms with van der Waals surface area (Å²) in [6.07, 6.45) is 1.46. The number of nitrogens with zero attached hydrogens (tertiary/aromatic N) is 1. The minimum absolute atomic E-state index is 0. The second kappa shape index (κ2) is 7.19. The third kappa shape index (κ3) is 4.16. The number of rotatable bonds is 3. The van der Waals surface area contributed by atoms with Gasteiger partial charge in [-0.15, -0.1) is 0 Å². The van der Waals surface area contributed by atoms with Gasteiger partial charge in [-0.2, -0.15) is 5.10 Å². The molecule has 0 aromatic heterocycles. The Labute approximate surface area is 113 Å². The Hall–Kier alpha value is -1.13. The van der Waals surface area contributed by atoms with Crippen LogP contribution in [0.25, 0.3) is 0 Å². The van der Waals surface area contributed by atoms with E-state index in [1.807, 2.05) is 0 Å². The molecule has 16 heavy (non-hydrogen) atoms. The van der Waals surface area contributed by atoms with Crippen LogP contribution in [0.5, 0.6) is 11.5 Å². The number of hydrogen-bond donors (Lipinski definition) is 2. The number of hydrogen-bond acceptors (Lipinski definition) is 3. The normalized spacial score (nSPS) is 9.56. The Balaban J connectivity index is 0.00000225. The zero-order valence-corrected chi connectivity index (χ0v) is 11.6. The van der Waals surface area contributed by atoms with E-state index in [0.29, 0.717) is 11.3 Å². The first kappa shape index (κ1) is 14.9. The second-order valence-corrected chi connectivity index (χ2v) is 3.10. The molecule has 0 saturated heterocycles. The molecule has 0 saturated carbocycles. The molecule has 5 nitrogen and oxygen atoms in total. The molecule has 0 aliphatic carbocycles. The summed E-state index contributed by atoms with van der Waals surface area (Å²) in [6, 6.07) is 5.23. The van der Waals surface area contributed by atoms with Crippen molar-refractivity contribution in [1.82, 2.24) is 5.43 Å². The number of methoxy groups -OCH3 is 1. The largest absolute Gasteiger partial charge is 2.00 e. The van der Waals surface area contributed by atoms with Crippen molar-refractivity contribution in [2.75, 3.05) is 7.11 Å². The van der Waals surface area contributed by atoms with E-state index in [0.717, 1.165) is 0 Å². The summed E-state index contributed by atoms with van der Waals surface area (Å²) < 4.78 is 4.99. The molecule has 0 amide bonds. The Kier molecular flexibility index (Phi) is 6.68. The number of nitrogens with two attached hydrogens (primary N) is 1. The molecule has 0 fully saturated rings. The van der Waals surface area contributed by atoms with Crippen LogP contribution in [0, 0.1) is 0 Å². The number of para-hydroxylation sites is 1. The van der Waals surface area contributed by atoms with E-state index in [4.69, 9.17) is 15.6 Å². The van der Waals surface area contributed by atoms with E-state index in [1.165, 1.54) is 13.3 Å². The van der Waals surface area contributed by atoms with E-state index in [-0.39, 0.29) is 31.9 Å². The maximum atomic E-state index is 7.72. The average molecular weight is 421 g/mol. The van der Waals surface area contributed by atoms with Crippen molar-refractivity contribution in [3.05, 3.63) is 23.8 Å². The Morgan fingerprint density at radius 1 is 1.62 bits per heavy atom. The molecule has 0 radical (unpaired) electrons. The Bertz CT molecular complexity index is 398. The molecule has 0 aliphatic rings. The SMILES string of the molecule is COc1cccc(C=NNC(N)=S)c1[OH2+].[Pt+2]. The summed E-state index contributed by atoms with van der Waals surface area (Å²) in [6.45, 7) is 0. The summed E-state index contributed by atoms with van der Waals surface area (Å²) in [4.78, 5) is 0. The third-order valence-electron chi connectivity index (χ3n) is 1.66. The first-order valence-corrected chi connectivity index (χ1v) is 4.53. The van der Waals surface area contributed by atoms with Crippen LogP contribution < -0.4 is 15.9 Å². The van der Waals surface area contributed by atoms with Crippen LogP contribution in [0.3, 0.4) is 0 Å². The van der Waals surface area contributed by atoms with Crippen LogP contribution in [0.1, 0.15) is 5.56 Å². The average Bonchev–Trinajstić information content (AvgIpc) is 2.20. The van der Waals surface area contributed by atoms with Crippen molar-refractivity contribution in [2.45, 2.75) is 0 Å². The van der Waals surface area contributed by atoms with E-state index in [2.05, 4.69) is 22.7 Å². The predicted octanol–water partition coefficient (Wildman–Crippen LogP) is 0.298. The smallest absolute Gasteiger partial charge is 0.590 e. The van der Waals surface area contributed by atoms with Crippen LogP contribution in [-0.2, 0) is 21.1 Å². The van der Waals surface area contributed by atoms with E-state index in [1.54, 1.807) is 18.2 Å². The van der Waals surface area contributed by atoms with Gasteiger partial charge in [0.1, 0.15) is 0 Å². The minimum Gasteiger partial charge on any atom is -0.590 e. The first-order valence-electron chi connectivity index (χ1n) is 4.12. The van der Waals surface area contributed by atoms with Gasteiger partial charge in [0.15, 0.2) is 5.11 Å². The topological polar surface area (TPSA) is 82.5 Å². The van der Waals surface area contributed by atoms with Crippen LogP contribution >= 0.6 is 12.2 Å². The molecule has 1 aromatic carbocycles. The molecule has 0 heterocycles. The van der Waals surface area contributed by atoms with Gasteiger partial charge in [0.2, 0.25) is 5.75 Å². The zero-order chi connectivity index (χ0) is 11.3. The summed E-state index contributed by atoms with van der Waals surface area (Å²) in [5.41, 5.74) is 8.22. The number of nitrogens with one attached hydrogen (secondary N) is 1. The van der Waals surface area contributed by atoms with Gasteiger partial charge in [-0.05, 0) is 24.4 Å². The molecule has 7 heteroatoms. The van der Waals surface area contributed by atoms with Crippen LogP contribution in [0.4, 0.5) is 0 Å². The van der Waals surface area contributed by atoms with E-state index >= 15 is 0 Å². The maximum Gasteiger partial charge on any atom is 2.00 e. The summed E-state index contributed by atoms with van der Waals surface area (Å²) in [5.74, 6) is 0.766. The fourth-order valence-corrected chi connectivity index (χ4v) is 1.04. The fraction of sp³-hybridized carbons (Fsp3) is 0.111. The van der Waals surface area contributed by atoms with Gasteiger partial charge in [0, 0.05) is 0 Å². The van der Waals surface area contributed by atoms with Crippen molar-refractivity contribution >= 4 is 23.5 Å². The van der Waals surface area contributed by atoms with Crippen LogP contribution in [-0.4, -0.2) is 23.5 Å². The molecule has 1 aromatic rings. The predicted molar refractivity (Wildman–Crippen MR) is 63.6 cm³/mol. The van der Waals surface area contributed by atoms with Crippen LogP contribution in [0.15, 0.2) is 23.3 Å². The molecular weight excluding hydrogens is 409 g/mol. The fourth-order valence-electron chi connectivity index (χ4n) is 0.991. The van der Waals surface area contributed by atoms with Gasteiger partial charge in [-0.1, -0.05) is 6.07 Å². The van der Waals surface area contributed by atoms with E-state index < -0.39 is 0 Å². The molecule has 0 spiro atoms. The van der Waals surface area contributed by atoms with E-state index in [9.17, 15) is 0 Å². The molecule has 88 valence electrons. The van der Waals surface area contributed by atoms with Gasteiger partial charge >= 0.3 is 26.8 Å². The number of hydrazone groups is 1. The Morgan fingerprint density at radius 3 is 2.88 bits per heavy atom. The monoisotopic (exact) mass is 421 g/mol. The number of thiocarbonyl (C=S) groups is 1. The maximum absolute atomic E-state index is 7.72. The molecule has 1 rings (SSSR count). The van der Waals surface area contributed by atoms with Gasteiger partial charge in [0.05, 0.1) is 18.9 Å².